The summed E-state index contributed by atoms with van der Waals surface area (Å²) in [5.74, 6) is 1.24. The molecule has 0 atom stereocenters. The first-order valence-electron chi connectivity index (χ1n) is 10.7. The van der Waals surface area contributed by atoms with E-state index in [1.807, 2.05) is 0 Å². The highest BCUT2D eigenvalue weighted by atomic mass is 15.2. The third-order valence-corrected chi connectivity index (χ3v) is 5.86. The predicted octanol–water partition coefficient (Wildman–Crippen LogP) is 4.33. The Morgan fingerprint density at radius 1 is 1.07 bits per heavy atom. The van der Waals surface area contributed by atoms with Crippen LogP contribution in [0.2, 0.25) is 0 Å². The molecule has 1 aromatic heterocycles. The molecule has 0 spiro atoms. The summed E-state index contributed by atoms with van der Waals surface area (Å²) in [4.78, 5) is 7.61. The maximum absolute atomic E-state index is 5.02. The zero-order valence-electron chi connectivity index (χ0n) is 17.2. The van der Waals surface area contributed by atoms with Crippen molar-refractivity contribution < 1.29 is 0 Å². The molecule has 4 heteroatoms. The number of aryl methyl sites for hydroxylation is 1. The van der Waals surface area contributed by atoms with Gasteiger partial charge in [0.1, 0.15) is 5.82 Å². The monoisotopic (exact) mass is 376 g/mol. The van der Waals surface area contributed by atoms with E-state index in [9.17, 15) is 0 Å². The zero-order valence-corrected chi connectivity index (χ0v) is 17.2. The van der Waals surface area contributed by atoms with Crippen LogP contribution in [0.1, 0.15) is 42.8 Å². The molecule has 2 heterocycles. The molecule has 1 aliphatic heterocycles. The minimum atomic E-state index is 0.552. The number of hydrogen-bond acceptors (Lipinski definition) is 3. The van der Waals surface area contributed by atoms with E-state index in [2.05, 4.69) is 77.2 Å². The van der Waals surface area contributed by atoms with Crippen LogP contribution >= 0.6 is 0 Å². The lowest BCUT2D eigenvalue weighted by atomic mass is 10.0. The Morgan fingerprint density at radius 3 is 2.61 bits per heavy atom. The SMILES string of the molecule is CCNCCc1nc2cc(C)ccc2n1C1CCN(Cc2ccccc2)CC1. The standard InChI is InChI=1S/C24H32N4/c1-3-25-14-11-24-26-22-17-19(2)9-10-23(22)28(24)21-12-15-27(16-13-21)18-20-7-5-4-6-8-20/h4-10,17,21,25H,3,11-16,18H2,1-2H3. The number of imidazole rings is 1. The van der Waals surface area contributed by atoms with E-state index in [0.29, 0.717) is 6.04 Å². The van der Waals surface area contributed by atoms with Gasteiger partial charge in [0.2, 0.25) is 0 Å². The number of aromatic nitrogens is 2. The van der Waals surface area contributed by atoms with Crippen molar-refractivity contribution in [3.8, 4) is 0 Å². The van der Waals surface area contributed by atoms with Crippen LogP contribution in [-0.2, 0) is 13.0 Å². The van der Waals surface area contributed by atoms with Crippen LogP contribution in [0.4, 0.5) is 0 Å². The molecule has 0 radical (unpaired) electrons. The number of nitrogens with zero attached hydrogens (tertiary/aromatic N) is 3. The van der Waals surface area contributed by atoms with Gasteiger partial charge in [0.05, 0.1) is 11.0 Å². The Bertz CT molecular complexity index is 892. The summed E-state index contributed by atoms with van der Waals surface area (Å²) in [7, 11) is 0. The number of likely N-dealkylation sites (tertiary alicyclic amines) is 1. The van der Waals surface area contributed by atoms with Crippen molar-refractivity contribution in [1.29, 1.82) is 0 Å². The summed E-state index contributed by atoms with van der Waals surface area (Å²) in [5.41, 5.74) is 5.15. The number of fused-ring (bicyclic) bond motifs is 1. The topological polar surface area (TPSA) is 33.1 Å². The lowest BCUT2D eigenvalue weighted by Gasteiger charge is -2.33. The van der Waals surface area contributed by atoms with Gasteiger partial charge in [-0.2, -0.15) is 0 Å². The third-order valence-electron chi connectivity index (χ3n) is 5.86. The van der Waals surface area contributed by atoms with E-state index in [0.717, 1.165) is 44.7 Å². The summed E-state index contributed by atoms with van der Waals surface area (Å²) >= 11 is 0. The fraction of sp³-hybridized carbons (Fsp3) is 0.458. The highest BCUT2D eigenvalue weighted by Gasteiger charge is 2.24. The minimum Gasteiger partial charge on any atom is -0.325 e. The van der Waals surface area contributed by atoms with E-state index < -0.39 is 0 Å². The van der Waals surface area contributed by atoms with Gasteiger partial charge in [-0.3, -0.25) is 4.90 Å². The molecule has 0 bridgehead atoms. The smallest absolute Gasteiger partial charge is 0.111 e. The molecule has 1 fully saturated rings. The molecule has 1 saturated heterocycles. The van der Waals surface area contributed by atoms with Crippen molar-refractivity contribution >= 4 is 11.0 Å². The van der Waals surface area contributed by atoms with Crippen LogP contribution in [0.25, 0.3) is 11.0 Å². The van der Waals surface area contributed by atoms with Crippen molar-refractivity contribution in [2.24, 2.45) is 0 Å². The number of rotatable bonds is 7. The molecule has 148 valence electrons. The van der Waals surface area contributed by atoms with Gasteiger partial charge in [-0.25, -0.2) is 4.98 Å². The van der Waals surface area contributed by atoms with Crippen LogP contribution in [0, 0.1) is 6.92 Å². The first-order chi connectivity index (χ1) is 13.7. The molecule has 0 amide bonds. The second-order valence-corrected chi connectivity index (χ2v) is 7.99. The molecule has 0 aliphatic carbocycles. The second kappa shape index (κ2) is 8.89. The van der Waals surface area contributed by atoms with E-state index in [1.165, 1.54) is 35.3 Å². The molecule has 4 rings (SSSR count). The summed E-state index contributed by atoms with van der Waals surface area (Å²) < 4.78 is 2.55. The van der Waals surface area contributed by atoms with Gasteiger partial charge >= 0.3 is 0 Å². The fourth-order valence-corrected chi connectivity index (χ4v) is 4.40. The van der Waals surface area contributed by atoms with Crippen LogP contribution in [0.15, 0.2) is 48.5 Å². The number of likely N-dealkylation sites (N-methyl/N-ethyl adjacent to an activating group) is 1. The number of nitrogens with one attached hydrogen (secondary N) is 1. The van der Waals surface area contributed by atoms with Crippen molar-refractivity contribution in [1.82, 2.24) is 19.8 Å². The van der Waals surface area contributed by atoms with Gasteiger partial charge < -0.3 is 9.88 Å². The summed E-state index contributed by atoms with van der Waals surface area (Å²) in [5, 5.41) is 3.46. The van der Waals surface area contributed by atoms with Crippen LogP contribution < -0.4 is 5.32 Å². The highest BCUT2D eigenvalue weighted by molar-refractivity contribution is 5.77. The predicted molar refractivity (Wildman–Crippen MR) is 117 cm³/mol. The number of piperidine rings is 1. The molecule has 28 heavy (non-hydrogen) atoms. The maximum Gasteiger partial charge on any atom is 0.111 e. The molecule has 0 saturated carbocycles. The summed E-state index contributed by atoms with van der Waals surface area (Å²) in [6.07, 6.45) is 3.38. The quantitative estimate of drug-likeness (QED) is 0.623. The Hall–Kier alpha value is -2.17. The van der Waals surface area contributed by atoms with E-state index in [1.54, 1.807) is 0 Å². The molecular weight excluding hydrogens is 344 g/mol. The lowest BCUT2D eigenvalue weighted by molar-refractivity contribution is 0.180. The molecule has 0 unspecified atom stereocenters. The summed E-state index contributed by atoms with van der Waals surface area (Å²) in [6, 6.07) is 18.1. The third kappa shape index (κ3) is 4.29. The minimum absolute atomic E-state index is 0.552. The normalized spacial score (nSPS) is 16.1. The van der Waals surface area contributed by atoms with Crippen LogP contribution in [0.5, 0.6) is 0 Å². The van der Waals surface area contributed by atoms with Crippen molar-refractivity contribution in [3.63, 3.8) is 0 Å². The summed E-state index contributed by atoms with van der Waals surface area (Å²) in [6.45, 7) is 9.68. The second-order valence-electron chi connectivity index (χ2n) is 7.99. The molecule has 1 aliphatic rings. The van der Waals surface area contributed by atoms with Crippen LogP contribution in [0.3, 0.4) is 0 Å². The maximum atomic E-state index is 5.02. The van der Waals surface area contributed by atoms with Gasteiger partial charge in [0.25, 0.3) is 0 Å². The average Bonchev–Trinajstić information content (AvgIpc) is 3.07. The lowest BCUT2D eigenvalue weighted by Crippen LogP contribution is -2.34. The van der Waals surface area contributed by atoms with Gasteiger partial charge in [-0.15, -0.1) is 0 Å². The van der Waals surface area contributed by atoms with Crippen LogP contribution in [-0.4, -0.2) is 40.6 Å². The molecule has 3 aromatic rings. The average molecular weight is 377 g/mol. The van der Waals surface area contributed by atoms with Gasteiger partial charge in [0.15, 0.2) is 0 Å². The van der Waals surface area contributed by atoms with Crippen molar-refractivity contribution in [2.45, 2.75) is 45.7 Å². The zero-order chi connectivity index (χ0) is 19.3. The fourth-order valence-electron chi connectivity index (χ4n) is 4.40. The van der Waals surface area contributed by atoms with Crippen molar-refractivity contribution in [3.05, 3.63) is 65.5 Å². The Kier molecular flexibility index (Phi) is 6.08. The molecule has 1 N–H and O–H groups in total. The van der Waals surface area contributed by atoms with Gasteiger partial charge in [0, 0.05) is 38.6 Å². The Labute approximate surface area is 168 Å². The van der Waals surface area contributed by atoms with Gasteiger partial charge in [-0.05, 0) is 49.6 Å². The molecule has 4 nitrogen and oxygen atoms in total. The largest absolute Gasteiger partial charge is 0.325 e. The molecular formula is C24H32N4. The first kappa shape index (κ1) is 19.2. The Morgan fingerprint density at radius 2 is 1.86 bits per heavy atom. The Balaban J connectivity index is 1.51. The van der Waals surface area contributed by atoms with E-state index in [4.69, 9.17) is 4.98 Å². The highest BCUT2D eigenvalue weighted by Crippen LogP contribution is 2.30. The van der Waals surface area contributed by atoms with Gasteiger partial charge in [-0.1, -0.05) is 43.3 Å². The number of hydrogen-bond donors (Lipinski definition) is 1. The first-order valence-corrected chi connectivity index (χ1v) is 10.7. The van der Waals surface area contributed by atoms with Crippen molar-refractivity contribution in [2.75, 3.05) is 26.2 Å². The molecule has 2 aromatic carbocycles. The van der Waals surface area contributed by atoms with E-state index >= 15 is 0 Å². The van der Waals surface area contributed by atoms with E-state index in [-0.39, 0.29) is 0 Å². The number of benzene rings is 2.